The highest BCUT2D eigenvalue weighted by Crippen LogP contribution is 2.56. The number of aliphatic carboxylic acids is 1. The summed E-state index contributed by atoms with van der Waals surface area (Å²) < 4.78 is 2.09. The molecule has 3 atom stereocenters. The average Bonchev–Trinajstić information content (AvgIpc) is 3.10. The van der Waals surface area contributed by atoms with Gasteiger partial charge in [-0.2, -0.15) is 0 Å². The molecule has 158 valence electrons. The molecule has 0 bridgehead atoms. The highest BCUT2D eigenvalue weighted by atomic mass is 16.4. The van der Waals surface area contributed by atoms with Crippen molar-refractivity contribution in [1.82, 2.24) is 14.8 Å². The van der Waals surface area contributed by atoms with Crippen LogP contribution in [0.4, 0.5) is 0 Å². The number of amides is 1. The number of carboxylic acid groups (broad SMARTS) is 1. The van der Waals surface area contributed by atoms with Gasteiger partial charge in [0.1, 0.15) is 11.7 Å². The number of carbonyl (C=O) groups is 2. The van der Waals surface area contributed by atoms with Crippen molar-refractivity contribution in [2.75, 3.05) is 19.6 Å². The molecule has 0 aliphatic carbocycles. The summed E-state index contributed by atoms with van der Waals surface area (Å²) in [4.78, 5) is 27.4. The average molecular weight is 409 g/mol. The van der Waals surface area contributed by atoms with Crippen molar-refractivity contribution in [2.45, 2.75) is 44.7 Å². The third-order valence-electron chi connectivity index (χ3n) is 7.32. The van der Waals surface area contributed by atoms with E-state index in [-0.39, 0.29) is 23.9 Å². The smallest absolute Gasteiger partial charge is 0.327 e. The van der Waals surface area contributed by atoms with E-state index in [4.69, 9.17) is 5.73 Å². The van der Waals surface area contributed by atoms with E-state index in [1.165, 1.54) is 16.6 Å². The molecule has 30 heavy (non-hydrogen) atoms. The molecular formula is C23H28N4O3. The zero-order valence-electron chi connectivity index (χ0n) is 17.2. The Hall–Kier alpha value is -2.64. The Morgan fingerprint density at radius 3 is 2.87 bits per heavy atom. The van der Waals surface area contributed by atoms with E-state index in [9.17, 15) is 14.7 Å². The molecule has 0 spiro atoms. The summed E-state index contributed by atoms with van der Waals surface area (Å²) in [5.41, 5.74) is 9.58. The molecule has 3 aliphatic heterocycles. The number of nitrogens with zero attached hydrogens (tertiary/aromatic N) is 2. The summed E-state index contributed by atoms with van der Waals surface area (Å²) in [5.74, 6) is -1.49. The van der Waals surface area contributed by atoms with Crippen LogP contribution in [0.2, 0.25) is 0 Å². The van der Waals surface area contributed by atoms with E-state index >= 15 is 0 Å². The van der Waals surface area contributed by atoms with E-state index in [0.29, 0.717) is 5.70 Å². The highest BCUT2D eigenvalue weighted by Gasteiger charge is 2.51. The van der Waals surface area contributed by atoms with Crippen LogP contribution in [0.5, 0.6) is 0 Å². The number of carbonyl (C=O) groups excluding carboxylic acids is 1. The van der Waals surface area contributed by atoms with Gasteiger partial charge in [0, 0.05) is 29.6 Å². The van der Waals surface area contributed by atoms with Gasteiger partial charge < -0.3 is 20.7 Å². The highest BCUT2D eigenvalue weighted by molar-refractivity contribution is 6.17. The van der Waals surface area contributed by atoms with Gasteiger partial charge in [0.05, 0.1) is 11.6 Å². The number of carboxylic acids is 1. The second kappa shape index (κ2) is 6.96. The summed E-state index contributed by atoms with van der Waals surface area (Å²) in [6.45, 7) is 4.17. The van der Waals surface area contributed by atoms with Crippen molar-refractivity contribution in [3.8, 4) is 0 Å². The van der Waals surface area contributed by atoms with Gasteiger partial charge in [-0.1, -0.05) is 25.1 Å². The van der Waals surface area contributed by atoms with Crippen LogP contribution in [0, 0.1) is 5.41 Å². The van der Waals surface area contributed by atoms with Crippen LogP contribution < -0.4 is 11.1 Å². The molecule has 5 rings (SSSR count). The lowest BCUT2D eigenvalue weighted by atomic mass is 9.66. The van der Waals surface area contributed by atoms with Gasteiger partial charge in [0.15, 0.2) is 0 Å². The quantitative estimate of drug-likeness (QED) is 0.704. The molecule has 1 aromatic heterocycles. The third-order valence-corrected chi connectivity index (χ3v) is 7.32. The first-order valence-corrected chi connectivity index (χ1v) is 10.8. The number of benzene rings is 1. The van der Waals surface area contributed by atoms with Gasteiger partial charge in [-0.05, 0) is 49.9 Å². The normalized spacial score (nSPS) is 26.1. The molecule has 1 fully saturated rings. The third kappa shape index (κ3) is 2.58. The molecule has 2 aromatic rings. The minimum atomic E-state index is -1.12. The molecule has 0 unspecified atom stereocenters. The van der Waals surface area contributed by atoms with Gasteiger partial charge in [-0.15, -0.1) is 0 Å². The number of aromatic nitrogens is 1. The molecule has 3 aliphatic rings. The minimum absolute atomic E-state index is 0.119. The summed E-state index contributed by atoms with van der Waals surface area (Å²) >= 11 is 0. The summed E-state index contributed by atoms with van der Waals surface area (Å²) in [5, 5.41) is 13.2. The molecule has 7 nitrogen and oxygen atoms in total. The number of piperidine rings is 1. The molecule has 0 saturated carbocycles. The predicted molar refractivity (Wildman–Crippen MR) is 115 cm³/mol. The maximum atomic E-state index is 13.4. The van der Waals surface area contributed by atoms with Crippen LogP contribution in [-0.2, 0) is 16.0 Å². The number of para-hydroxylation sites is 1. The Kier molecular flexibility index (Phi) is 4.48. The standard InChI is InChI=1S/C23H28N4O3/c1-2-23-9-5-10-26-11-8-15-14-6-3-4-7-17(14)27(19(15)20(23)26)18(12-23)21(28)25-16(13-24)22(29)30/h3-4,6-7,12,16,20H,2,5,8-11,13,24H2,1H3,(H,25,28)(H,29,30)/t16-,20+,23-/m0/s1. The Morgan fingerprint density at radius 2 is 2.13 bits per heavy atom. The number of rotatable bonds is 5. The van der Waals surface area contributed by atoms with E-state index in [2.05, 4.69) is 39.9 Å². The maximum absolute atomic E-state index is 13.4. The van der Waals surface area contributed by atoms with Gasteiger partial charge in [0.25, 0.3) is 5.91 Å². The fourth-order valence-electron chi connectivity index (χ4n) is 5.90. The number of nitrogens with two attached hydrogens (primary N) is 1. The van der Waals surface area contributed by atoms with Crippen LogP contribution >= 0.6 is 0 Å². The number of hydrogen-bond acceptors (Lipinski definition) is 4. The predicted octanol–water partition coefficient (Wildman–Crippen LogP) is 2.11. The Bertz CT molecular complexity index is 1070. The molecule has 1 aromatic carbocycles. The summed E-state index contributed by atoms with van der Waals surface area (Å²) in [7, 11) is 0. The zero-order chi connectivity index (χ0) is 21.0. The molecule has 1 saturated heterocycles. The number of nitrogens with one attached hydrogen (secondary N) is 1. The van der Waals surface area contributed by atoms with Crippen molar-refractivity contribution in [3.63, 3.8) is 0 Å². The van der Waals surface area contributed by atoms with Gasteiger partial charge >= 0.3 is 5.97 Å². The van der Waals surface area contributed by atoms with Crippen molar-refractivity contribution >= 4 is 28.5 Å². The van der Waals surface area contributed by atoms with Crippen LogP contribution in [0.25, 0.3) is 16.6 Å². The SMILES string of the molecule is CC[C@@]12C=C(C(=O)N[C@@H](CN)C(=O)O)n3c4c(c5ccccc53)CCN(CCC1)[C@H]42. The zero-order valence-corrected chi connectivity index (χ0v) is 17.2. The summed E-state index contributed by atoms with van der Waals surface area (Å²) in [6.07, 6.45) is 6.16. The molecule has 7 heteroatoms. The van der Waals surface area contributed by atoms with Crippen LogP contribution in [0.3, 0.4) is 0 Å². The van der Waals surface area contributed by atoms with E-state index in [0.717, 1.165) is 44.3 Å². The second-order valence-electron chi connectivity index (χ2n) is 8.72. The monoisotopic (exact) mass is 408 g/mol. The van der Waals surface area contributed by atoms with Crippen molar-refractivity contribution in [3.05, 3.63) is 41.6 Å². The topological polar surface area (TPSA) is 101 Å². The Labute approximate surface area is 175 Å². The molecular weight excluding hydrogens is 380 g/mol. The van der Waals surface area contributed by atoms with E-state index in [1.54, 1.807) is 0 Å². The first-order valence-electron chi connectivity index (χ1n) is 10.8. The maximum Gasteiger partial charge on any atom is 0.327 e. The van der Waals surface area contributed by atoms with Crippen molar-refractivity contribution in [2.24, 2.45) is 11.1 Å². The molecule has 0 radical (unpaired) electrons. The van der Waals surface area contributed by atoms with E-state index < -0.39 is 12.0 Å². The first kappa shape index (κ1) is 19.3. The Balaban J connectivity index is 1.73. The fourth-order valence-corrected chi connectivity index (χ4v) is 5.90. The van der Waals surface area contributed by atoms with Crippen LogP contribution in [-0.4, -0.2) is 52.1 Å². The minimum Gasteiger partial charge on any atom is -0.480 e. The van der Waals surface area contributed by atoms with Crippen molar-refractivity contribution < 1.29 is 14.7 Å². The first-order chi connectivity index (χ1) is 14.5. The molecule has 1 amide bonds. The van der Waals surface area contributed by atoms with Crippen LogP contribution in [0.15, 0.2) is 30.3 Å². The van der Waals surface area contributed by atoms with Gasteiger partial charge in [-0.25, -0.2) is 4.79 Å². The largest absolute Gasteiger partial charge is 0.480 e. The fraction of sp³-hybridized carbons (Fsp3) is 0.478. The lowest BCUT2D eigenvalue weighted by Crippen LogP contribution is -2.52. The lowest BCUT2D eigenvalue weighted by Gasteiger charge is -2.53. The number of hydrogen-bond donors (Lipinski definition) is 3. The van der Waals surface area contributed by atoms with Crippen molar-refractivity contribution in [1.29, 1.82) is 0 Å². The molecule has 4 N–H and O–H groups in total. The van der Waals surface area contributed by atoms with Gasteiger partial charge in [-0.3, -0.25) is 9.69 Å². The number of fused-ring (bicyclic) bond motifs is 3. The van der Waals surface area contributed by atoms with Crippen LogP contribution in [0.1, 0.15) is 43.5 Å². The Morgan fingerprint density at radius 1 is 1.33 bits per heavy atom. The summed E-state index contributed by atoms with van der Waals surface area (Å²) in [6, 6.07) is 7.38. The van der Waals surface area contributed by atoms with E-state index in [1.807, 2.05) is 12.1 Å². The van der Waals surface area contributed by atoms with Gasteiger partial charge in [0.2, 0.25) is 0 Å². The lowest BCUT2D eigenvalue weighted by molar-refractivity contribution is -0.140. The molecule has 4 heterocycles. The second-order valence-corrected chi connectivity index (χ2v) is 8.72.